The molecule has 1 atom stereocenters. The molecule has 0 saturated carbocycles. The summed E-state index contributed by atoms with van der Waals surface area (Å²) >= 11 is 0. The summed E-state index contributed by atoms with van der Waals surface area (Å²) in [7, 11) is 2.06. The van der Waals surface area contributed by atoms with Crippen molar-refractivity contribution in [3.8, 4) is 0 Å². The van der Waals surface area contributed by atoms with Gasteiger partial charge in [0.25, 0.3) is 0 Å². The molecule has 0 amide bonds. The zero-order chi connectivity index (χ0) is 13.8. The second-order valence-corrected chi connectivity index (χ2v) is 4.88. The molecule has 0 bridgehead atoms. The molecule has 0 aliphatic carbocycles. The van der Waals surface area contributed by atoms with Gasteiger partial charge in [-0.05, 0) is 49.4 Å². The van der Waals surface area contributed by atoms with Gasteiger partial charge in [0.15, 0.2) is 0 Å². The molecule has 2 rings (SSSR count). The number of rotatable bonds is 4. The lowest BCUT2D eigenvalue weighted by Crippen LogP contribution is -2.21. The van der Waals surface area contributed by atoms with Gasteiger partial charge in [-0.1, -0.05) is 24.3 Å². The third-order valence-electron chi connectivity index (χ3n) is 3.43. The molecule has 0 saturated heterocycles. The molecular weight excluding hydrogens is 239 g/mol. The lowest BCUT2D eigenvalue weighted by molar-refractivity contribution is 0.253. The average molecular weight is 258 g/mol. The maximum absolute atomic E-state index is 12.9. The number of nitrogens with two attached hydrogens (primary N) is 1. The van der Waals surface area contributed by atoms with Crippen molar-refractivity contribution in [2.75, 3.05) is 12.8 Å². The van der Waals surface area contributed by atoms with Crippen LogP contribution in [0.15, 0.2) is 48.5 Å². The van der Waals surface area contributed by atoms with Crippen molar-refractivity contribution in [3.05, 3.63) is 65.5 Å². The summed E-state index contributed by atoms with van der Waals surface area (Å²) in [5.41, 5.74) is 8.79. The molecule has 0 aliphatic heterocycles. The van der Waals surface area contributed by atoms with E-state index in [1.54, 1.807) is 0 Å². The van der Waals surface area contributed by atoms with Crippen molar-refractivity contribution in [2.24, 2.45) is 0 Å². The Balaban J connectivity index is 2.04. The van der Waals surface area contributed by atoms with Crippen LogP contribution in [0.1, 0.15) is 24.1 Å². The van der Waals surface area contributed by atoms with E-state index < -0.39 is 0 Å². The fourth-order valence-corrected chi connectivity index (χ4v) is 2.04. The maximum atomic E-state index is 12.9. The van der Waals surface area contributed by atoms with Crippen molar-refractivity contribution in [2.45, 2.75) is 19.5 Å². The Hall–Kier alpha value is -1.87. The summed E-state index contributed by atoms with van der Waals surface area (Å²) < 4.78 is 12.9. The highest BCUT2D eigenvalue weighted by Crippen LogP contribution is 2.21. The molecule has 2 N–H and O–H groups in total. The number of halogens is 1. The Bertz CT molecular complexity index is 519. The quantitative estimate of drug-likeness (QED) is 0.849. The molecule has 0 radical (unpaired) electrons. The van der Waals surface area contributed by atoms with Crippen LogP contribution in [0.4, 0.5) is 10.1 Å². The first-order chi connectivity index (χ1) is 9.06. The predicted molar refractivity (Wildman–Crippen MR) is 77.1 cm³/mol. The van der Waals surface area contributed by atoms with Crippen molar-refractivity contribution in [1.29, 1.82) is 0 Å². The third-order valence-corrected chi connectivity index (χ3v) is 3.43. The molecule has 0 aliphatic rings. The van der Waals surface area contributed by atoms with Crippen LogP contribution in [-0.2, 0) is 6.54 Å². The topological polar surface area (TPSA) is 29.3 Å². The molecule has 0 heterocycles. The minimum Gasteiger partial charge on any atom is -0.399 e. The summed E-state index contributed by atoms with van der Waals surface area (Å²) in [6.45, 7) is 2.93. The van der Waals surface area contributed by atoms with Crippen LogP contribution in [0, 0.1) is 5.82 Å². The molecule has 100 valence electrons. The van der Waals surface area contributed by atoms with Gasteiger partial charge in [-0.2, -0.15) is 0 Å². The zero-order valence-corrected chi connectivity index (χ0v) is 11.3. The minimum absolute atomic E-state index is 0.196. The fraction of sp³-hybridized carbons (Fsp3) is 0.250. The molecule has 2 aromatic carbocycles. The van der Waals surface area contributed by atoms with Gasteiger partial charge >= 0.3 is 0 Å². The van der Waals surface area contributed by atoms with E-state index in [0.29, 0.717) is 0 Å². The Morgan fingerprint density at radius 3 is 2.21 bits per heavy atom. The molecule has 0 aromatic heterocycles. The van der Waals surface area contributed by atoms with Crippen LogP contribution < -0.4 is 5.73 Å². The van der Waals surface area contributed by atoms with Gasteiger partial charge in [0, 0.05) is 18.3 Å². The minimum atomic E-state index is -0.196. The first-order valence-corrected chi connectivity index (χ1v) is 6.36. The van der Waals surface area contributed by atoms with Gasteiger partial charge in [0.1, 0.15) is 5.82 Å². The highest BCUT2D eigenvalue weighted by atomic mass is 19.1. The van der Waals surface area contributed by atoms with Crippen LogP contribution >= 0.6 is 0 Å². The fourth-order valence-electron chi connectivity index (χ4n) is 2.04. The Labute approximate surface area is 113 Å². The van der Waals surface area contributed by atoms with E-state index in [9.17, 15) is 4.39 Å². The molecule has 1 unspecified atom stereocenters. The van der Waals surface area contributed by atoms with E-state index in [1.807, 2.05) is 36.4 Å². The molecule has 0 spiro atoms. The third kappa shape index (κ3) is 3.55. The van der Waals surface area contributed by atoms with Crippen LogP contribution in [-0.4, -0.2) is 11.9 Å². The number of anilines is 1. The highest BCUT2D eigenvalue weighted by Gasteiger charge is 2.11. The number of benzene rings is 2. The van der Waals surface area contributed by atoms with E-state index in [0.717, 1.165) is 17.8 Å². The summed E-state index contributed by atoms with van der Waals surface area (Å²) in [5, 5.41) is 0. The van der Waals surface area contributed by atoms with Crippen LogP contribution in [0.3, 0.4) is 0 Å². The van der Waals surface area contributed by atoms with Gasteiger partial charge in [0.2, 0.25) is 0 Å². The monoisotopic (exact) mass is 258 g/mol. The van der Waals surface area contributed by atoms with E-state index >= 15 is 0 Å². The average Bonchev–Trinajstić information content (AvgIpc) is 2.41. The summed E-state index contributed by atoms with van der Waals surface area (Å²) in [6.07, 6.45) is 0. The normalized spacial score (nSPS) is 12.6. The largest absolute Gasteiger partial charge is 0.399 e. The molecule has 19 heavy (non-hydrogen) atoms. The lowest BCUT2D eigenvalue weighted by atomic mass is 10.1. The van der Waals surface area contributed by atoms with Crippen LogP contribution in [0.5, 0.6) is 0 Å². The van der Waals surface area contributed by atoms with Crippen LogP contribution in [0.2, 0.25) is 0 Å². The SMILES string of the molecule is CC(c1ccc(N)cc1)N(C)Cc1ccc(F)cc1. The number of nitrogen functional groups attached to an aromatic ring is 1. The van der Waals surface area contributed by atoms with E-state index in [2.05, 4.69) is 18.9 Å². The van der Waals surface area contributed by atoms with Crippen molar-refractivity contribution in [1.82, 2.24) is 4.90 Å². The van der Waals surface area contributed by atoms with Crippen molar-refractivity contribution >= 4 is 5.69 Å². The summed E-state index contributed by atoms with van der Waals surface area (Å²) in [5.74, 6) is -0.196. The van der Waals surface area contributed by atoms with Gasteiger partial charge in [-0.25, -0.2) is 4.39 Å². The van der Waals surface area contributed by atoms with Crippen molar-refractivity contribution < 1.29 is 4.39 Å². The first-order valence-electron chi connectivity index (χ1n) is 6.36. The molecule has 2 aromatic rings. The van der Waals surface area contributed by atoms with Gasteiger partial charge in [-0.15, -0.1) is 0 Å². The summed E-state index contributed by atoms with van der Waals surface area (Å²) in [4.78, 5) is 2.22. The van der Waals surface area contributed by atoms with E-state index in [1.165, 1.54) is 17.7 Å². The number of nitrogens with zero attached hydrogens (tertiary/aromatic N) is 1. The van der Waals surface area contributed by atoms with E-state index in [-0.39, 0.29) is 11.9 Å². The smallest absolute Gasteiger partial charge is 0.123 e. The summed E-state index contributed by atoms with van der Waals surface area (Å²) in [6, 6.07) is 14.8. The lowest BCUT2D eigenvalue weighted by Gasteiger charge is -2.25. The Morgan fingerprint density at radius 2 is 1.63 bits per heavy atom. The van der Waals surface area contributed by atoms with Crippen molar-refractivity contribution in [3.63, 3.8) is 0 Å². The maximum Gasteiger partial charge on any atom is 0.123 e. The van der Waals surface area contributed by atoms with Gasteiger partial charge in [0.05, 0.1) is 0 Å². The van der Waals surface area contributed by atoms with Gasteiger partial charge in [-0.3, -0.25) is 4.90 Å². The second-order valence-electron chi connectivity index (χ2n) is 4.88. The molecule has 2 nitrogen and oxygen atoms in total. The highest BCUT2D eigenvalue weighted by molar-refractivity contribution is 5.40. The number of hydrogen-bond acceptors (Lipinski definition) is 2. The Morgan fingerprint density at radius 1 is 1.05 bits per heavy atom. The molecule has 0 fully saturated rings. The first kappa shape index (κ1) is 13.6. The molecule has 3 heteroatoms. The standard InChI is InChI=1S/C16H19FN2/c1-12(14-5-9-16(18)10-6-14)19(2)11-13-3-7-15(17)8-4-13/h3-10,12H,11,18H2,1-2H3. The van der Waals surface area contributed by atoms with Gasteiger partial charge < -0.3 is 5.73 Å². The zero-order valence-electron chi connectivity index (χ0n) is 11.3. The van der Waals surface area contributed by atoms with E-state index in [4.69, 9.17) is 5.73 Å². The predicted octanol–water partition coefficient (Wildman–Crippen LogP) is 3.60. The number of hydrogen-bond donors (Lipinski definition) is 1. The van der Waals surface area contributed by atoms with Crippen LogP contribution in [0.25, 0.3) is 0 Å². The molecular formula is C16H19FN2. The second kappa shape index (κ2) is 5.85. The Kier molecular flexibility index (Phi) is 4.17.